The maximum atomic E-state index is 12.7. The third kappa shape index (κ3) is 3.24. The quantitative estimate of drug-likeness (QED) is 0.931. The Hall–Kier alpha value is -1.06. The molecule has 3 unspecified atom stereocenters. The number of nitrogens with one attached hydrogen (secondary N) is 1. The minimum Gasteiger partial charge on any atom is -0.339 e. The molecular weight excluding hydrogens is 284 g/mol. The summed E-state index contributed by atoms with van der Waals surface area (Å²) in [6.07, 6.45) is 1.09. The predicted molar refractivity (Wildman–Crippen MR) is 87.7 cm³/mol. The van der Waals surface area contributed by atoms with Gasteiger partial charge in [-0.05, 0) is 37.9 Å². The zero-order valence-corrected chi connectivity index (χ0v) is 13.6. The molecule has 0 aliphatic carbocycles. The van der Waals surface area contributed by atoms with Crippen molar-refractivity contribution in [1.29, 1.82) is 0 Å². The lowest BCUT2D eigenvalue weighted by Gasteiger charge is -2.35. The lowest BCUT2D eigenvalue weighted by Crippen LogP contribution is -2.51. The van der Waals surface area contributed by atoms with E-state index in [-0.39, 0.29) is 18.3 Å². The van der Waals surface area contributed by atoms with Crippen LogP contribution in [-0.4, -0.2) is 36.5 Å². The maximum Gasteiger partial charge on any atom is 0.226 e. The summed E-state index contributed by atoms with van der Waals surface area (Å²) < 4.78 is 0. The van der Waals surface area contributed by atoms with Crippen molar-refractivity contribution in [3.8, 4) is 0 Å². The van der Waals surface area contributed by atoms with Crippen molar-refractivity contribution in [2.75, 3.05) is 19.6 Å². The van der Waals surface area contributed by atoms with Gasteiger partial charge in [-0.2, -0.15) is 0 Å². The minimum absolute atomic E-state index is 0. The highest BCUT2D eigenvalue weighted by Gasteiger charge is 2.38. The summed E-state index contributed by atoms with van der Waals surface area (Å²) >= 11 is 0. The SMILES string of the molecule is CC(C(=O)N1CC(c2ccccc2)CC1C)C1CNC1.Cl. The second-order valence-electron chi connectivity index (χ2n) is 6.39. The average molecular weight is 309 g/mol. The fraction of sp³-hybridized carbons (Fsp3) is 0.588. The minimum atomic E-state index is 0. The lowest BCUT2D eigenvalue weighted by atomic mass is 9.88. The van der Waals surface area contributed by atoms with Crippen LogP contribution in [0.15, 0.2) is 30.3 Å². The molecule has 1 amide bonds. The molecule has 2 saturated heterocycles. The molecule has 2 fully saturated rings. The highest BCUT2D eigenvalue weighted by atomic mass is 35.5. The van der Waals surface area contributed by atoms with Gasteiger partial charge in [0.25, 0.3) is 0 Å². The van der Waals surface area contributed by atoms with Crippen molar-refractivity contribution in [3.05, 3.63) is 35.9 Å². The number of nitrogens with zero attached hydrogens (tertiary/aromatic N) is 1. The normalized spacial score (nSPS) is 26.9. The summed E-state index contributed by atoms with van der Waals surface area (Å²) in [6.45, 7) is 7.16. The number of hydrogen-bond donors (Lipinski definition) is 1. The Labute approximate surface area is 133 Å². The van der Waals surface area contributed by atoms with E-state index in [2.05, 4.69) is 54.4 Å². The van der Waals surface area contributed by atoms with Crippen LogP contribution >= 0.6 is 12.4 Å². The highest BCUT2D eigenvalue weighted by molar-refractivity contribution is 5.85. The number of benzene rings is 1. The second kappa shape index (κ2) is 6.80. The van der Waals surface area contributed by atoms with E-state index < -0.39 is 0 Å². The van der Waals surface area contributed by atoms with Crippen LogP contribution in [0.4, 0.5) is 0 Å². The van der Waals surface area contributed by atoms with Gasteiger partial charge in [0.15, 0.2) is 0 Å². The molecule has 2 aliphatic heterocycles. The molecule has 0 saturated carbocycles. The first kappa shape index (κ1) is 16.3. The lowest BCUT2D eigenvalue weighted by molar-refractivity contribution is -0.138. The molecule has 0 bridgehead atoms. The Morgan fingerprint density at radius 3 is 2.52 bits per heavy atom. The van der Waals surface area contributed by atoms with Crippen molar-refractivity contribution in [2.45, 2.75) is 32.2 Å². The Bertz CT molecular complexity index is 475. The molecule has 2 aliphatic rings. The molecule has 1 aromatic rings. The number of carbonyl (C=O) groups is 1. The van der Waals surface area contributed by atoms with Gasteiger partial charge in [-0.15, -0.1) is 12.4 Å². The van der Waals surface area contributed by atoms with E-state index in [1.807, 2.05) is 0 Å². The zero-order valence-electron chi connectivity index (χ0n) is 12.8. The van der Waals surface area contributed by atoms with Gasteiger partial charge in [0.1, 0.15) is 0 Å². The molecule has 1 aromatic carbocycles. The molecule has 0 radical (unpaired) electrons. The maximum absolute atomic E-state index is 12.7. The van der Waals surface area contributed by atoms with Crippen LogP contribution in [0.2, 0.25) is 0 Å². The molecule has 3 nitrogen and oxygen atoms in total. The summed E-state index contributed by atoms with van der Waals surface area (Å²) in [7, 11) is 0. The molecule has 3 rings (SSSR count). The summed E-state index contributed by atoms with van der Waals surface area (Å²) in [5.41, 5.74) is 1.37. The molecule has 3 atom stereocenters. The number of likely N-dealkylation sites (tertiary alicyclic amines) is 1. The predicted octanol–water partition coefficient (Wildman–Crippen LogP) is 2.67. The molecule has 2 heterocycles. The van der Waals surface area contributed by atoms with Crippen LogP contribution < -0.4 is 5.32 Å². The van der Waals surface area contributed by atoms with Crippen LogP contribution in [0.3, 0.4) is 0 Å². The number of amides is 1. The number of carbonyl (C=O) groups excluding carboxylic acids is 1. The monoisotopic (exact) mass is 308 g/mol. The summed E-state index contributed by atoms with van der Waals surface area (Å²) in [6, 6.07) is 11.0. The van der Waals surface area contributed by atoms with Crippen molar-refractivity contribution in [2.24, 2.45) is 11.8 Å². The third-order valence-electron chi connectivity index (χ3n) is 5.04. The molecular formula is C17H25ClN2O. The van der Waals surface area contributed by atoms with Crippen molar-refractivity contribution in [3.63, 3.8) is 0 Å². The van der Waals surface area contributed by atoms with E-state index in [9.17, 15) is 4.79 Å². The van der Waals surface area contributed by atoms with Gasteiger partial charge in [0.2, 0.25) is 5.91 Å². The average Bonchev–Trinajstić information content (AvgIpc) is 2.79. The summed E-state index contributed by atoms with van der Waals surface area (Å²) in [5, 5.41) is 3.26. The number of halogens is 1. The Balaban J connectivity index is 0.00000161. The van der Waals surface area contributed by atoms with Crippen LogP contribution in [-0.2, 0) is 4.79 Å². The van der Waals surface area contributed by atoms with Gasteiger partial charge in [0.05, 0.1) is 0 Å². The van der Waals surface area contributed by atoms with Gasteiger partial charge in [-0.1, -0.05) is 37.3 Å². The van der Waals surface area contributed by atoms with Gasteiger partial charge < -0.3 is 10.2 Å². The zero-order chi connectivity index (χ0) is 14.1. The van der Waals surface area contributed by atoms with Crippen LogP contribution in [0, 0.1) is 11.8 Å². The van der Waals surface area contributed by atoms with Crippen LogP contribution in [0.1, 0.15) is 31.7 Å². The topological polar surface area (TPSA) is 32.3 Å². The Morgan fingerprint density at radius 1 is 1.29 bits per heavy atom. The molecule has 0 aromatic heterocycles. The van der Waals surface area contributed by atoms with E-state index in [4.69, 9.17) is 0 Å². The van der Waals surface area contributed by atoms with Gasteiger partial charge >= 0.3 is 0 Å². The number of rotatable bonds is 3. The molecule has 4 heteroatoms. The van der Waals surface area contributed by atoms with E-state index in [1.54, 1.807) is 0 Å². The highest BCUT2D eigenvalue weighted by Crippen LogP contribution is 2.33. The Morgan fingerprint density at radius 2 is 1.95 bits per heavy atom. The first-order chi connectivity index (χ1) is 9.66. The Kier molecular flexibility index (Phi) is 5.28. The standard InChI is InChI=1S/C17H24N2O.ClH/c1-12-8-15(14-6-4-3-5-7-14)11-19(12)17(20)13(2)16-9-18-10-16;/h3-7,12-13,15-16,18H,8-11H2,1-2H3;1H. The van der Waals surface area contributed by atoms with Crippen LogP contribution in [0.25, 0.3) is 0 Å². The molecule has 116 valence electrons. The third-order valence-corrected chi connectivity index (χ3v) is 5.04. The smallest absolute Gasteiger partial charge is 0.226 e. The van der Waals surface area contributed by atoms with E-state index in [0.29, 0.717) is 23.8 Å². The van der Waals surface area contributed by atoms with Crippen molar-refractivity contribution >= 4 is 18.3 Å². The van der Waals surface area contributed by atoms with Crippen molar-refractivity contribution < 1.29 is 4.79 Å². The van der Waals surface area contributed by atoms with E-state index >= 15 is 0 Å². The van der Waals surface area contributed by atoms with E-state index in [1.165, 1.54) is 5.56 Å². The van der Waals surface area contributed by atoms with Crippen molar-refractivity contribution in [1.82, 2.24) is 10.2 Å². The van der Waals surface area contributed by atoms with Gasteiger partial charge in [-0.25, -0.2) is 0 Å². The molecule has 1 N–H and O–H groups in total. The second-order valence-corrected chi connectivity index (χ2v) is 6.39. The fourth-order valence-electron chi connectivity index (χ4n) is 3.43. The summed E-state index contributed by atoms with van der Waals surface area (Å²) in [4.78, 5) is 14.8. The molecule has 0 spiro atoms. The molecule has 21 heavy (non-hydrogen) atoms. The van der Waals surface area contributed by atoms with Gasteiger partial charge in [-0.3, -0.25) is 4.79 Å². The van der Waals surface area contributed by atoms with Crippen LogP contribution in [0.5, 0.6) is 0 Å². The first-order valence-corrected chi connectivity index (χ1v) is 7.73. The van der Waals surface area contributed by atoms with Gasteiger partial charge in [0, 0.05) is 24.4 Å². The fourth-order valence-corrected chi connectivity index (χ4v) is 3.43. The first-order valence-electron chi connectivity index (χ1n) is 7.73. The largest absolute Gasteiger partial charge is 0.339 e. The van der Waals surface area contributed by atoms with E-state index in [0.717, 1.165) is 26.1 Å². The summed E-state index contributed by atoms with van der Waals surface area (Å²) in [5.74, 6) is 1.54. The number of hydrogen-bond acceptors (Lipinski definition) is 2.